The van der Waals surface area contributed by atoms with Crippen LogP contribution in [-0.4, -0.2) is 38.5 Å². The Bertz CT molecular complexity index is 87.9. The molecule has 0 spiro atoms. The molecule has 0 aliphatic carbocycles. The third-order valence-electron chi connectivity index (χ3n) is 0.375. The van der Waals surface area contributed by atoms with Crippen molar-refractivity contribution in [3.8, 4) is 5.40 Å². The first-order valence-corrected chi connectivity index (χ1v) is 5.22. The van der Waals surface area contributed by atoms with Gasteiger partial charge in [-0.1, -0.05) is 12.6 Å². The maximum absolute atomic E-state index is 7.18. The summed E-state index contributed by atoms with van der Waals surface area (Å²) in [7, 11) is 0. The zero-order valence-electron chi connectivity index (χ0n) is 8.97. The molecule has 0 amide bonds. The van der Waals surface area contributed by atoms with Crippen molar-refractivity contribution in [1.29, 1.82) is 5.26 Å². The van der Waals surface area contributed by atoms with Gasteiger partial charge in [-0.2, -0.15) is 31.4 Å². The molecule has 100 valence electrons. The fraction of sp³-hybridized carbons (Fsp3) is 0.857. The van der Waals surface area contributed by atoms with E-state index < -0.39 is 0 Å². The zero-order valence-corrected chi connectivity index (χ0v) is 11.9. The van der Waals surface area contributed by atoms with Crippen LogP contribution in [0.4, 0.5) is 0 Å². The maximum atomic E-state index is 7.18. The van der Waals surface area contributed by atoms with E-state index in [2.05, 4.69) is 25.3 Å². The fourth-order valence-electron chi connectivity index (χ4n) is 0. The second-order valence-corrected chi connectivity index (χ2v) is 2.30. The Hall–Kier alpha value is 0.496. The standard InChI is InChI=1S/2C2H6N2.C2H6NS.CHNS.Co/c3*3-1-2-4;2-1-3;/h3*3-4H,1-2H2;3H;/q2*-2;-1;;+3/p+1. The van der Waals surface area contributed by atoms with Crippen LogP contribution in [0.5, 0.6) is 0 Å². The van der Waals surface area contributed by atoms with E-state index in [1.807, 2.05) is 0 Å². The summed E-state index contributed by atoms with van der Waals surface area (Å²) in [6.45, 7) is 1.43. The molecule has 0 unspecified atom stereocenters. The van der Waals surface area contributed by atoms with E-state index in [0.717, 1.165) is 5.75 Å². The Labute approximate surface area is 120 Å². The van der Waals surface area contributed by atoms with Gasteiger partial charge in [-0.3, -0.25) is 0 Å². The van der Waals surface area contributed by atoms with E-state index in [9.17, 15) is 0 Å². The quantitative estimate of drug-likeness (QED) is 0.477. The molecule has 0 bridgehead atoms. The molecule has 5 N–H and O–H groups in total. The fourth-order valence-corrected chi connectivity index (χ4v) is 0. The summed E-state index contributed by atoms with van der Waals surface area (Å²) in [5.41, 5.74) is 31.5. The third-order valence-corrected chi connectivity index (χ3v) is 0.625. The minimum absolute atomic E-state index is 0. The molecule has 0 saturated heterocycles. The molecule has 6 nitrogen and oxygen atoms in total. The van der Waals surface area contributed by atoms with Gasteiger partial charge in [-0.25, -0.2) is 0 Å². The minimum Gasteiger partial charge on any atom is -0.679 e. The molecule has 0 aromatic heterocycles. The van der Waals surface area contributed by atoms with Crippen LogP contribution >= 0.6 is 12.6 Å². The van der Waals surface area contributed by atoms with E-state index in [0.29, 0.717) is 6.54 Å². The second kappa shape index (κ2) is 57.9. The summed E-state index contributed by atoms with van der Waals surface area (Å²) in [5.74, 6) is 0.792. The average Bonchev–Trinajstić information content (AvgIpc) is 2.30. The van der Waals surface area contributed by atoms with Crippen molar-refractivity contribution in [2.24, 2.45) is 0 Å². The monoisotopic (exact) mass is 311 g/mol. The maximum Gasteiger partial charge on any atom is 3.00 e. The summed E-state index contributed by atoms with van der Waals surface area (Å²) in [4.78, 5) is 0. The predicted octanol–water partition coefficient (Wildman–Crippen LogP) is 2.63. The number of thiol groups is 1. The van der Waals surface area contributed by atoms with Crippen LogP contribution in [0.3, 0.4) is 0 Å². The van der Waals surface area contributed by atoms with E-state index in [1.54, 1.807) is 0 Å². The number of nitrogens with zero attached hydrogens (tertiary/aromatic N) is 1. The van der Waals surface area contributed by atoms with E-state index in [4.69, 9.17) is 33.9 Å². The number of hydrogen-bond acceptors (Lipinski definition) is 2. The van der Waals surface area contributed by atoms with Gasteiger partial charge in [0, 0.05) is 0 Å². The molecule has 0 aliphatic rings. The number of nitriles is 1. The summed E-state index contributed by atoms with van der Waals surface area (Å²) < 4.78 is 0. The molecule has 0 aliphatic heterocycles. The summed E-state index contributed by atoms with van der Waals surface area (Å²) in [5, 5.41) is 8.63. The Morgan fingerprint density at radius 3 is 1.00 bits per heavy atom. The molecule has 0 atom stereocenters. The smallest absolute Gasteiger partial charge is 0.679 e. The van der Waals surface area contributed by atoms with Crippen molar-refractivity contribution < 1.29 is 16.8 Å². The van der Waals surface area contributed by atoms with Crippen LogP contribution in [0.25, 0.3) is 28.7 Å². The van der Waals surface area contributed by atoms with Gasteiger partial charge < -0.3 is 28.7 Å². The second-order valence-electron chi connectivity index (χ2n) is 1.60. The molecule has 16 heavy (non-hydrogen) atoms. The average molecular weight is 311 g/mol. The van der Waals surface area contributed by atoms with Gasteiger partial charge in [0.25, 0.3) is 0 Å². The van der Waals surface area contributed by atoms with Crippen LogP contribution in [0.15, 0.2) is 0 Å². The van der Waals surface area contributed by atoms with Crippen LogP contribution in [0.1, 0.15) is 0 Å². The molecular weight excluding hydrogens is 291 g/mol. The van der Waals surface area contributed by atoms with Gasteiger partial charge in [-0.15, -0.1) is 6.54 Å². The van der Waals surface area contributed by atoms with E-state index in [1.165, 1.54) is 5.40 Å². The number of rotatable bonds is 3. The molecule has 0 aromatic rings. The summed E-state index contributed by atoms with van der Waals surface area (Å²) in [6, 6.07) is 0. The number of hydrogen-bond donors (Lipinski definition) is 1. The molecule has 9 heteroatoms. The first-order chi connectivity index (χ1) is 7.16. The Balaban J connectivity index is -0.0000000331. The first kappa shape index (κ1) is 30.0. The molecule has 0 aromatic carbocycles. The normalized spacial score (nSPS) is 6.12. The van der Waals surface area contributed by atoms with E-state index in [-0.39, 0.29) is 43.0 Å². The van der Waals surface area contributed by atoms with Crippen LogP contribution in [0, 0.1) is 10.7 Å². The van der Waals surface area contributed by atoms with Crippen LogP contribution in [-0.2, 0) is 29.4 Å². The predicted molar refractivity (Wildman–Crippen MR) is 75.6 cm³/mol. The molecule has 0 radical (unpaired) electrons. The SMILES string of the molecule is N#CS.[Co+3].[NH-]CC[NH-].[NH-]CC[NH-].[NH-]CC[SH2+]. The van der Waals surface area contributed by atoms with Gasteiger partial charge in [-0.05, 0) is 12.6 Å². The van der Waals surface area contributed by atoms with Gasteiger partial charge in [0.2, 0.25) is 0 Å². The number of thiocyanates is 1. The summed E-state index contributed by atoms with van der Waals surface area (Å²) >= 11 is 6.19. The van der Waals surface area contributed by atoms with Crippen LogP contribution in [0.2, 0.25) is 0 Å². The third kappa shape index (κ3) is 216. The van der Waals surface area contributed by atoms with E-state index >= 15 is 0 Å². The van der Waals surface area contributed by atoms with Gasteiger partial charge >= 0.3 is 16.8 Å². The topological polar surface area (TPSA) is 143 Å². The Morgan fingerprint density at radius 1 is 0.875 bits per heavy atom. The van der Waals surface area contributed by atoms with Crippen molar-refractivity contribution in [3.05, 3.63) is 28.7 Å². The first-order valence-electron chi connectivity index (χ1n) is 4.07. The Kier molecular flexibility index (Phi) is 109. The molecule has 0 fully saturated rings. The van der Waals surface area contributed by atoms with Crippen molar-refractivity contribution in [2.45, 2.75) is 0 Å². The zero-order chi connectivity index (χ0) is 12.9. The summed E-state index contributed by atoms with van der Waals surface area (Å²) in [6.07, 6.45) is 0. The Morgan fingerprint density at radius 2 is 1.00 bits per heavy atom. The van der Waals surface area contributed by atoms with Gasteiger partial charge in [0.15, 0.2) is 0 Å². The molecule has 0 heterocycles. The molecule has 0 rings (SSSR count). The van der Waals surface area contributed by atoms with Crippen molar-refractivity contribution in [1.82, 2.24) is 0 Å². The van der Waals surface area contributed by atoms with Gasteiger partial charge in [0.1, 0.15) is 5.40 Å². The van der Waals surface area contributed by atoms with Crippen molar-refractivity contribution >= 4 is 25.3 Å². The van der Waals surface area contributed by atoms with Crippen LogP contribution < -0.4 is 0 Å². The number of nitrogens with one attached hydrogen (secondary N) is 5. The van der Waals surface area contributed by atoms with Crippen molar-refractivity contribution in [2.75, 3.05) is 38.5 Å². The van der Waals surface area contributed by atoms with Gasteiger partial charge in [0.05, 0.1) is 5.75 Å². The minimum atomic E-state index is 0. The molecule has 0 saturated carbocycles. The largest absolute Gasteiger partial charge is 3.00 e. The molecular formula is C7H20CoN6S2-. The van der Waals surface area contributed by atoms with Crippen molar-refractivity contribution in [3.63, 3.8) is 0 Å².